The predicted octanol–water partition coefficient (Wildman–Crippen LogP) is 4.60. The average Bonchev–Trinajstić information content (AvgIpc) is 3.02. The van der Waals surface area contributed by atoms with Gasteiger partial charge in [-0.3, -0.25) is 24.0 Å². The van der Waals surface area contributed by atoms with Gasteiger partial charge in [0, 0.05) is 36.7 Å². The molecule has 13 heteroatoms. The number of carbonyl (C=O) groups is 2. The molecule has 0 heterocycles. The second-order valence-corrected chi connectivity index (χ2v) is 13.0. The first-order valence-corrected chi connectivity index (χ1v) is 16.5. The topological polar surface area (TPSA) is 139 Å². The van der Waals surface area contributed by atoms with Gasteiger partial charge in [0.1, 0.15) is 29.8 Å². The molecule has 0 radical (unpaired) electrons. The monoisotopic (exact) mass is 640 g/mol. The summed E-state index contributed by atoms with van der Waals surface area (Å²) in [4.78, 5) is 40.3. The molecule has 0 aliphatic heterocycles. The van der Waals surface area contributed by atoms with Crippen molar-refractivity contribution < 1.29 is 32.1 Å². The van der Waals surface area contributed by atoms with Gasteiger partial charge >= 0.3 is 0 Å². The smallest absolute Gasteiger partial charge is 0.271 e. The number of carbonyl (C=O) groups excluding carboxylic acids is 2. The van der Waals surface area contributed by atoms with Crippen LogP contribution in [0.2, 0.25) is 0 Å². The van der Waals surface area contributed by atoms with E-state index in [1.807, 2.05) is 18.2 Å². The Kier molecular flexibility index (Phi) is 11.1. The highest BCUT2D eigenvalue weighted by atomic mass is 32.2. The molecular weight excluding hydrogens is 603 g/mol. The largest absolute Gasteiger partial charge is 0.495 e. The van der Waals surface area contributed by atoms with E-state index in [0.717, 1.165) is 56.1 Å². The van der Waals surface area contributed by atoms with Gasteiger partial charge in [-0.1, -0.05) is 67.8 Å². The lowest BCUT2D eigenvalue weighted by molar-refractivity contribution is -0.384. The third kappa shape index (κ3) is 8.78. The zero-order valence-electron chi connectivity index (χ0n) is 25.2. The number of methoxy groups -OCH3 is 1. The van der Waals surface area contributed by atoms with Crippen LogP contribution in [0.25, 0.3) is 0 Å². The Bertz CT molecular complexity index is 1610. The Morgan fingerprint density at radius 2 is 1.71 bits per heavy atom. The number of halogens is 1. The van der Waals surface area contributed by atoms with Crippen LogP contribution in [0.4, 0.5) is 15.8 Å². The maximum absolute atomic E-state index is 15.0. The van der Waals surface area contributed by atoms with Crippen LogP contribution >= 0.6 is 0 Å². The van der Waals surface area contributed by atoms with Crippen LogP contribution in [-0.4, -0.2) is 62.0 Å². The van der Waals surface area contributed by atoms with Crippen molar-refractivity contribution in [3.63, 3.8) is 0 Å². The summed E-state index contributed by atoms with van der Waals surface area (Å²) in [7, 11) is -2.95. The summed E-state index contributed by atoms with van der Waals surface area (Å²) in [5, 5.41) is 14.6. The van der Waals surface area contributed by atoms with Crippen LogP contribution < -0.4 is 14.4 Å². The fourth-order valence-electron chi connectivity index (χ4n) is 5.49. The van der Waals surface area contributed by atoms with Crippen molar-refractivity contribution in [1.82, 2.24) is 10.2 Å². The molecule has 1 aliphatic rings. The number of hydrogen-bond donors (Lipinski definition) is 1. The quantitative estimate of drug-likeness (QED) is 0.213. The number of nitrogens with one attached hydrogen (secondary N) is 1. The number of nitro benzene ring substituents is 1. The Balaban J connectivity index is 1.78. The van der Waals surface area contributed by atoms with E-state index in [0.29, 0.717) is 4.31 Å². The molecule has 0 saturated heterocycles. The van der Waals surface area contributed by atoms with Gasteiger partial charge in [-0.25, -0.2) is 12.8 Å². The molecule has 1 fully saturated rings. The first-order chi connectivity index (χ1) is 21.5. The molecule has 11 nitrogen and oxygen atoms in total. The number of hydrogen-bond acceptors (Lipinski definition) is 7. The molecule has 0 spiro atoms. The van der Waals surface area contributed by atoms with Gasteiger partial charge in [0.15, 0.2) is 0 Å². The number of nitrogens with zero attached hydrogens (tertiary/aromatic N) is 3. The zero-order chi connectivity index (χ0) is 32.6. The van der Waals surface area contributed by atoms with Crippen molar-refractivity contribution >= 4 is 33.2 Å². The van der Waals surface area contributed by atoms with Crippen LogP contribution in [0.1, 0.15) is 43.2 Å². The number of non-ortho nitro benzene ring substituents is 1. The van der Waals surface area contributed by atoms with Crippen LogP contribution in [-0.2, 0) is 32.6 Å². The lowest BCUT2D eigenvalue weighted by Crippen LogP contribution is -2.55. The molecule has 2 amide bonds. The van der Waals surface area contributed by atoms with E-state index in [1.54, 1.807) is 18.2 Å². The molecule has 1 saturated carbocycles. The van der Waals surface area contributed by atoms with E-state index in [-0.39, 0.29) is 36.0 Å². The summed E-state index contributed by atoms with van der Waals surface area (Å²) in [5.41, 5.74) is 0.241. The molecule has 0 unspecified atom stereocenters. The first-order valence-electron chi connectivity index (χ1n) is 14.6. The summed E-state index contributed by atoms with van der Waals surface area (Å²) < 4.78 is 47.2. The minimum Gasteiger partial charge on any atom is -0.495 e. The van der Waals surface area contributed by atoms with Crippen LogP contribution in [0, 0.1) is 15.9 Å². The molecule has 45 heavy (non-hydrogen) atoms. The number of amides is 2. The summed E-state index contributed by atoms with van der Waals surface area (Å²) >= 11 is 0. The fourth-order valence-corrected chi connectivity index (χ4v) is 6.33. The van der Waals surface area contributed by atoms with E-state index in [9.17, 15) is 32.5 Å². The van der Waals surface area contributed by atoms with Crippen LogP contribution in [0.15, 0.2) is 72.8 Å². The van der Waals surface area contributed by atoms with Crippen LogP contribution in [0.5, 0.6) is 5.75 Å². The Hall–Kier alpha value is -4.52. The Morgan fingerprint density at radius 3 is 2.33 bits per heavy atom. The summed E-state index contributed by atoms with van der Waals surface area (Å²) in [5.74, 6) is -1.86. The third-order valence-electron chi connectivity index (χ3n) is 7.84. The van der Waals surface area contributed by atoms with Crippen molar-refractivity contribution in [1.29, 1.82) is 0 Å². The molecule has 3 aromatic rings. The zero-order valence-corrected chi connectivity index (χ0v) is 26.0. The van der Waals surface area contributed by atoms with Gasteiger partial charge in [-0.15, -0.1) is 0 Å². The molecule has 0 bridgehead atoms. The maximum atomic E-state index is 15.0. The van der Waals surface area contributed by atoms with Gasteiger partial charge < -0.3 is 15.0 Å². The lowest BCUT2D eigenvalue weighted by atomic mass is 9.94. The molecule has 1 aliphatic carbocycles. The summed E-state index contributed by atoms with van der Waals surface area (Å²) in [6.45, 7) is -1.16. The van der Waals surface area contributed by atoms with Crippen molar-refractivity contribution in [2.75, 3.05) is 24.2 Å². The minimum absolute atomic E-state index is 0.0182. The number of rotatable bonds is 13. The summed E-state index contributed by atoms with van der Waals surface area (Å²) in [6.07, 6.45) is 5.51. The Labute approximate surface area is 262 Å². The average molecular weight is 641 g/mol. The second-order valence-electron chi connectivity index (χ2n) is 11.0. The van der Waals surface area contributed by atoms with Gasteiger partial charge in [0.2, 0.25) is 21.8 Å². The molecular formula is C32H37FN4O7S. The van der Waals surface area contributed by atoms with Crippen LogP contribution in [0.3, 0.4) is 0 Å². The standard InChI is InChI=1S/C32H37FN4O7S/c1-44-30-18-17-26(37(40)41)20-28(30)36(45(2,42)43)22-31(38)35(21-24-13-9-10-16-27(24)33)29(19-23-11-5-3-6-12-23)32(39)34-25-14-7-4-8-15-25/h3,5-6,9-13,16-18,20,25,29H,4,7-8,14-15,19,21-22H2,1-2H3,(H,34,39)/t29-/m0/s1. The highest BCUT2D eigenvalue weighted by Crippen LogP contribution is 2.34. The van der Waals surface area contributed by atoms with Gasteiger partial charge in [-0.05, 0) is 30.5 Å². The highest BCUT2D eigenvalue weighted by Gasteiger charge is 2.35. The molecule has 1 atom stereocenters. The van der Waals surface area contributed by atoms with E-state index in [4.69, 9.17) is 4.74 Å². The number of benzene rings is 3. The minimum atomic E-state index is -4.22. The third-order valence-corrected chi connectivity index (χ3v) is 8.97. The predicted molar refractivity (Wildman–Crippen MR) is 168 cm³/mol. The summed E-state index contributed by atoms with van der Waals surface area (Å²) in [6, 6.07) is 17.1. The highest BCUT2D eigenvalue weighted by molar-refractivity contribution is 7.92. The number of anilines is 1. The van der Waals surface area contributed by atoms with Gasteiger partial charge in [0.05, 0.1) is 18.3 Å². The second kappa shape index (κ2) is 15.0. The number of sulfonamides is 1. The van der Waals surface area contributed by atoms with Crippen molar-refractivity contribution in [3.8, 4) is 5.75 Å². The molecule has 240 valence electrons. The van der Waals surface area contributed by atoms with Crippen molar-refractivity contribution in [3.05, 3.63) is 99.9 Å². The lowest BCUT2D eigenvalue weighted by Gasteiger charge is -2.35. The molecule has 1 N–H and O–H groups in total. The van der Waals surface area contributed by atoms with E-state index < -0.39 is 50.9 Å². The molecule has 4 rings (SSSR count). The van der Waals surface area contributed by atoms with E-state index in [1.165, 1.54) is 36.3 Å². The number of ether oxygens (including phenoxy) is 1. The molecule has 0 aromatic heterocycles. The van der Waals surface area contributed by atoms with Crippen molar-refractivity contribution in [2.45, 2.75) is 57.2 Å². The van der Waals surface area contributed by atoms with Crippen molar-refractivity contribution in [2.24, 2.45) is 0 Å². The van der Waals surface area contributed by atoms with Gasteiger partial charge in [0.25, 0.3) is 5.69 Å². The van der Waals surface area contributed by atoms with E-state index in [2.05, 4.69) is 5.32 Å². The molecule has 3 aromatic carbocycles. The Morgan fingerprint density at radius 1 is 1.04 bits per heavy atom. The first kappa shape index (κ1) is 33.4. The van der Waals surface area contributed by atoms with E-state index >= 15 is 0 Å². The maximum Gasteiger partial charge on any atom is 0.271 e. The van der Waals surface area contributed by atoms with Gasteiger partial charge in [-0.2, -0.15) is 0 Å². The number of nitro groups is 1. The SMILES string of the molecule is COc1ccc([N+](=O)[O-])cc1N(CC(=O)N(Cc1ccccc1F)[C@@H](Cc1ccccc1)C(=O)NC1CCCCC1)S(C)(=O)=O. The fraction of sp³-hybridized carbons (Fsp3) is 0.375. The normalized spacial score (nSPS) is 14.3.